The molecular formula is C29H59NO4. The minimum Gasteiger partial charge on any atom is -0.380 e. The zero-order valence-corrected chi connectivity index (χ0v) is 24.1. The van der Waals surface area contributed by atoms with Gasteiger partial charge in [0.15, 0.2) is 5.78 Å². The van der Waals surface area contributed by atoms with Gasteiger partial charge in [-0.2, -0.15) is 0 Å². The third-order valence-electron chi connectivity index (χ3n) is 6.67. The van der Waals surface area contributed by atoms with Gasteiger partial charge in [-0.25, -0.2) is 0 Å². The first kappa shape index (κ1) is 33.5. The van der Waals surface area contributed by atoms with Crippen LogP contribution in [0, 0.1) is 5.92 Å². The van der Waals surface area contributed by atoms with Crippen molar-refractivity contribution in [3.05, 3.63) is 0 Å². The lowest BCUT2D eigenvalue weighted by Gasteiger charge is -2.30. The molecule has 1 N–H and O–H groups in total. The van der Waals surface area contributed by atoms with Crippen LogP contribution in [0.4, 0.5) is 0 Å². The predicted octanol–water partition coefficient (Wildman–Crippen LogP) is 7.11. The van der Waals surface area contributed by atoms with Crippen molar-refractivity contribution in [1.82, 2.24) is 5.32 Å². The SMILES string of the molecule is CCCCCCC(C)NCCOCCC(C)(C)OCCC(C)(C)OCC(=O)C(C)CCCCC. The van der Waals surface area contributed by atoms with Crippen molar-refractivity contribution in [3.63, 3.8) is 0 Å². The van der Waals surface area contributed by atoms with Crippen LogP contribution in [0.1, 0.15) is 126 Å². The standard InChI is InChI=1S/C29H59NO4/c1-9-11-13-15-17-26(4)30-20-23-32-21-18-28(5,6)33-22-19-29(7,8)34-24-27(31)25(3)16-14-12-10-2/h25-26,30H,9-24H2,1-8H3. The third-order valence-corrected chi connectivity index (χ3v) is 6.67. The van der Waals surface area contributed by atoms with Crippen molar-refractivity contribution in [1.29, 1.82) is 0 Å². The van der Waals surface area contributed by atoms with Crippen LogP contribution in [-0.2, 0) is 19.0 Å². The molecule has 0 aliphatic rings. The van der Waals surface area contributed by atoms with E-state index in [0.29, 0.717) is 19.3 Å². The first-order valence-corrected chi connectivity index (χ1v) is 14.1. The summed E-state index contributed by atoms with van der Waals surface area (Å²) in [6.07, 6.45) is 12.6. The van der Waals surface area contributed by atoms with E-state index in [4.69, 9.17) is 14.2 Å². The molecule has 0 bridgehead atoms. The number of unbranched alkanes of at least 4 members (excludes halogenated alkanes) is 5. The minimum absolute atomic E-state index is 0.0849. The van der Waals surface area contributed by atoms with Crippen LogP contribution in [0.15, 0.2) is 0 Å². The van der Waals surface area contributed by atoms with Crippen LogP contribution >= 0.6 is 0 Å². The number of Topliss-reactive ketones (excluding diaryl/α,β-unsaturated/α-hetero) is 1. The van der Waals surface area contributed by atoms with E-state index in [2.05, 4.69) is 39.9 Å². The minimum atomic E-state index is -0.371. The zero-order valence-electron chi connectivity index (χ0n) is 24.1. The lowest BCUT2D eigenvalue weighted by molar-refractivity contribution is -0.135. The molecule has 5 nitrogen and oxygen atoms in total. The van der Waals surface area contributed by atoms with E-state index in [1.807, 2.05) is 20.8 Å². The highest BCUT2D eigenvalue weighted by Crippen LogP contribution is 2.20. The lowest BCUT2D eigenvalue weighted by atomic mass is 9.99. The summed E-state index contributed by atoms with van der Waals surface area (Å²) in [7, 11) is 0. The van der Waals surface area contributed by atoms with Gasteiger partial charge in [0.25, 0.3) is 0 Å². The van der Waals surface area contributed by atoms with Crippen LogP contribution in [0.3, 0.4) is 0 Å². The van der Waals surface area contributed by atoms with E-state index in [1.165, 1.54) is 44.9 Å². The summed E-state index contributed by atoms with van der Waals surface area (Å²) in [6.45, 7) is 20.2. The Hall–Kier alpha value is -0.490. The molecule has 0 aromatic heterocycles. The summed E-state index contributed by atoms with van der Waals surface area (Å²) in [5.41, 5.74) is -0.607. The third kappa shape index (κ3) is 19.8. The second-order valence-electron chi connectivity index (χ2n) is 11.3. The summed E-state index contributed by atoms with van der Waals surface area (Å²) in [6, 6.07) is 0.561. The van der Waals surface area contributed by atoms with E-state index in [-0.39, 0.29) is 29.5 Å². The summed E-state index contributed by atoms with van der Waals surface area (Å²) >= 11 is 0. The Morgan fingerprint density at radius 3 is 2.03 bits per heavy atom. The Bertz CT molecular complexity index is 493. The van der Waals surface area contributed by atoms with E-state index >= 15 is 0 Å². The van der Waals surface area contributed by atoms with Crippen molar-refractivity contribution >= 4 is 5.78 Å². The smallest absolute Gasteiger partial charge is 0.161 e. The number of carbonyl (C=O) groups is 1. The van der Waals surface area contributed by atoms with E-state index in [1.54, 1.807) is 0 Å². The first-order chi connectivity index (χ1) is 16.0. The molecule has 0 saturated heterocycles. The van der Waals surface area contributed by atoms with Crippen LogP contribution in [0.2, 0.25) is 0 Å². The number of rotatable bonds is 24. The molecule has 0 rings (SSSR count). The van der Waals surface area contributed by atoms with Gasteiger partial charge in [-0.05, 0) is 60.3 Å². The van der Waals surface area contributed by atoms with Gasteiger partial charge in [0.2, 0.25) is 0 Å². The fourth-order valence-electron chi connectivity index (χ4n) is 3.76. The zero-order chi connectivity index (χ0) is 25.9. The number of carbonyl (C=O) groups excluding carboxylic acids is 1. The van der Waals surface area contributed by atoms with Crippen LogP contribution in [0.5, 0.6) is 0 Å². The van der Waals surface area contributed by atoms with Crippen LogP contribution < -0.4 is 5.32 Å². The van der Waals surface area contributed by atoms with Gasteiger partial charge < -0.3 is 19.5 Å². The van der Waals surface area contributed by atoms with Gasteiger partial charge >= 0.3 is 0 Å². The van der Waals surface area contributed by atoms with Gasteiger partial charge in [0.05, 0.1) is 24.4 Å². The van der Waals surface area contributed by atoms with Crippen molar-refractivity contribution in [3.8, 4) is 0 Å². The van der Waals surface area contributed by atoms with Gasteiger partial charge in [-0.15, -0.1) is 0 Å². The summed E-state index contributed by atoms with van der Waals surface area (Å²) in [5.74, 6) is 0.296. The maximum atomic E-state index is 12.3. The molecule has 0 aromatic rings. The predicted molar refractivity (Wildman–Crippen MR) is 145 cm³/mol. The molecular weight excluding hydrogens is 426 g/mol. The maximum absolute atomic E-state index is 12.3. The van der Waals surface area contributed by atoms with Gasteiger partial charge in [-0.3, -0.25) is 4.79 Å². The molecule has 2 unspecified atom stereocenters. The Kier molecular flexibility index (Phi) is 19.4. The molecule has 204 valence electrons. The molecule has 0 radical (unpaired) electrons. The number of nitrogens with one attached hydrogen (secondary N) is 1. The lowest BCUT2D eigenvalue weighted by Crippen LogP contribution is -2.34. The van der Waals surface area contributed by atoms with E-state index in [9.17, 15) is 4.79 Å². The molecule has 0 heterocycles. The van der Waals surface area contributed by atoms with Crippen LogP contribution in [0.25, 0.3) is 0 Å². The van der Waals surface area contributed by atoms with Crippen LogP contribution in [-0.4, -0.2) is 56.0 Å². The molecule has 0 aliphatic carbocycles. The highest BCUT2D eigenvalue weighted by atomic mass is 16.5. The fraction of sp³-hybridized carbons (Fsp3) is 0.966. The Balaban J connectivity index is 3.91. The molecule has 0 fully saturated rings. The van der Waals surface area contributed by atoms with Crippen molar-refractivity contribution in [2.24, 2.45) is 5.92 Å². The van der Waals surface area contributed by atoms with Crippen molar-refractivity contribution in [2.75, 3.05) is 33.0 Å². The first-order valence-electron chi connectivity index (χ1n) is 14.1. The topological polar surface area (TPSA) is 56.8 Å². The van der Waals surface area contributed by atoms with Gasteiger partial charge in [0.1, 0.15) is 6.61 Å². The number of hydrogen-bond acceptors (Lipinski definition) is 5. The maximum Gasteiger partial charge on any atom is 0.161 e. The number of ether oxygens (including phenoxy) is 3. The Morgan fingerprint density at radius 1 is 0.765 bits per heavy atom. The normalized spacial score (nSPS) is 14.4. The highest BCUT2D eigenvalue weighted by Gasteiger charge is 2.24. The summed E-state index contributed by atoms with van der Waals surface area (Å²) < 4.78 is 17.9. The molecule has 34 heavy (non-hydrogen) atoms. The summed E-state index contributed by atoms with van der Waals surface area (Å²) in [5, 5.41) is 3.55. The van der Waals surface area contributed by atoms with Gasteiger partial charge in [0, 0.05) is 25.1 Å². The quantitative estimate of drug-likeness (QED) is 0.148. The molecule has 5 heteroatoms. The molecule has 2 atom stereocenters. The monoisotopic (exact) mass is 485 g/mol. The van der Waals surface area contributed by atoms with Crippen molar-refractivity contribution in [2.45, 2.75) is 143 Å². The molecule has 0 aliphatic heterocycles. The number of ketones is 1. The summed E-state index contributed by atoms with van der Waals surface area (Å²) in [4.78, 5) is 12.3. The average molecular weight is 486 g/mol. The Labute approximate surface area is 212 Å². The second kappa shape index (κ2) is 19.7. The highest BCUT2D eigenvalue weighted by molar-refractivity contribution is 5.81. The molecule has 0 saturated carbocycles. The molecule has 0 spiro atoms. The second-order valence-corrected chi connectivity index (χ2v) is 11.3. The molecule has 0 amide bonds. The van der Waals surface area contributed by atoms with Gasteiger partial charge in [-0.1, -0.05) is 65.7 Å². The van der Waals surface area contributed by atoms with E-state index < -0.39 is 0 Å². The number of hydrogen-bond donors (Lipinski definition) is 1. The van der Waals surface area contributed by atoms with E-state index in [0.717, 1.165) is 38.8 Å². The molecule has 0 aromatic carbocycles. The average Bonchev–Trinajstić information content (AvgIpc) is 2.77. The largest absolute Gasteiger partial charge is 0.380 e. The fourth-order valence-corrected chi connectivity index (χ4v) is 3.76. The van der Waals surface area contributed by atoms with Crippen molar-refractivity contribution < 1.29 is 19.0 Å². The Morgan fingerprint density at radius 2 is 1.35 bits per heavy atom.